The van der Waals surface area contributed by atoms with Crippen LogP contribution in [0.25, 0.3) is 133 Å². The van der Waals surface area contributed by atoms with Crippen molar-refractivity contribution < 1.29 is 0 Å². The van der Waals surface area contributed by atoms with Gasteiger partial charge in [-0.1, -0.05) is 194 Å². The largest absolute Gasteiger partial charge is 0.309 e. The van der Waals surface area contributed by atoms with E-state index in [0.29, 0.717) is 17.6 Å². The number of rotatable bonds is 6. The number of hydrogen-bond acceptors (Lipinski definition) is 3. The molecule has 0 radical (unpaired) electrons. The van der Waals surface area contributed by atoms with Crippen LogP contribution in [0.3, 0.4) is 0 Å². The average molecular weight is 866 g/mol. The Kier molecular flexibility index (Phi) is 8.52. The molecular formula is C63H39N5. The normalized spacial score (nSPS) is 11.8. The number of hydrogen-bond donors (Lipinski definition) is 0. The van der Waals surface area contributed by atoms with Gasteiger partial charge in [0.15, 0.2) is 11.6 Å². The molecule has 14 aromatic rings. The van der Waals surface area contributed by atoms with Crippen molar-refractivity contribution in [2.75, 3.05) is 0 Å². The molecular weight excluding hydrogens is 827 g/mol. The Morgan fingerprint density at radius 2 is 0.691 bits per heavy atom. The van der Waals surface area contributed by atoms with Crippen molar-refractivity contribution in [3.8, 4) is 56.7 Å². The van der Waals surface area contributed by atoms with E-state index in [-0.39, 0.29) is 0 Å². The lowest BCUT2D eigenvalue weighted by Crippen LogP contribution is -2.06. The molecule has 0 N–H and O–H groups in total. The van der Waals surface area contributed by atoms with Gasteiger partial charge < -0.3 is 4.57 Å². The van der Waals surface area contributed by atoms with Crippen LogP contribution >= 0.6 is 0 Å². The van der Waals surface area contributed by atoms with E-state index in [9.17, 15) is 0 Å². The van der Waals surface area contributed by atoms with Crippen LogP contribution in [-0.2, 0) is 0 Å². The van der Waals surface area contributed by atoms with Crippen molar-refractivity contribution in [1.82, 2.24) is 24.1 Å². The summed E-state index contributed by atoms with van der Waals surface area (Å²) >= 11 is 0. The fraction of sp³-hybridized carbons (Fsp3) is 0. The number of benzene rings is 11. The monoisotopic (exact) mass is 865 g/mol. The molecule has 0 aliphatic carbocycles. The molecule has 0 bridgehead atoms. The van der Waals surface area contributed by atoms with Crippen molar-refractivity contribution in [2.45, 2.75) is 0 Å². The van der Waals surface area contributed by atoms with Crippen LogP contribution in [0.5, 0.6) is 0 Å². The zero-order valence-corrected chi connectivity index (χ0v) is 36.8. The maximum Gasteiger partial charge on any atom is 0.238 e. The smallest absolute Gasteiger partial charge is 0.238 e. The van der Waals surface area contributed by atoms with E-state index >= 15 is 0 Å². The molecule has 316 valence electrons. The molecule has 3 aromatic heterocycles. The highest BCUT2D eigenvalue weighted by Crippen LogP contribution is 2.44. The quantitative estimate of drug-likeness (QED) is 0.156. The number of fused-ring (bicyclic) bond motifs is 13. The Bertz CT molecular complexity index is 4280. The molecule has 0 atom stereocenters. The fourth-order valence-corrected chi connectivity index (χ4v) is 10.8. The second-order valence-corrected chi connectivity index (χ2v) is 17.5. The van der Waals surface area contributed by atoms with Crippen LogP contribution in [0.1, 0.15) is 0 Å². The summed E-state index contributed by atoms with van der Waals surface area (Å²) in [6.45, 7) is 0. The molecule has 0 saturated heterocycles. The minimum Gasteiger partial charge on any atom is -0.309 e. The van der Waals surface area contributed by atoms with Crippen LogP contribution in [0.15, 0.2) is 237 Å². The Morgan fingerprint density at radius 3 is 1.32 bits per heavy atom. The average Bonchev–Trinajstić information content (AvgIpc) is 3.94. The zero-order valence-electron chi connectivity index (χ0n) is 36.8. The van der Waals surface area contributed by atoms with Gasteiger partial charge in [0.05, 0.1) is 22.1 Å². The zero-order chi connectivity index (χ0) is 44.7. The first-order valence-electron chi connectivity index (χ1n) is 23.1. The van der Waals surface area contributed by atoms with Crippen molar-refractivity contribution in [3.63, 3.8) is 0 Å². The predicted octanol–water partition coefficient (Wildman–Crippen LogP) is 16.2. The molecule has 0 amide bonds. The molecule has 3 heterocycles. The maximum absolute atomic E-state index is 5.39. The fourth-order valence-electron chi connectivity index (χ4n) is 10.8. The highest BCUT2D eigenvalue weighted by atomic mass is 15.2. The summed E-state index contributed by atoms with van der Waals surface area (Å²) in [6.07, 6.45) is 0. The van der Waals surface area contributed by atoms with E-state index in [1.54, 1.807) is 0 Å². The van der Waals surface area contributed by atoms with Crippen LogP contribution in [0.2, 0.25) is 0 Å². The molecule has 0 aliphatic rings. The van der Waals surface area contributed by atoms with E-state index in [1.165, 1.54) is 54.2 Å². The van der Waals surface area contributed by atoms with E-state index in [1.807, 2.05) is 18.2 Å². The summed E-state index contributed by atoms with van der Waals surface area (Å²) in [5.74, 6) is 1.78. The molecule has 0 fully saturated rings. The van der Waals surface area contributed by atoms with Gasteiger partial charge in [0, 0.05) is 38.4 Å². The van der Waals surface area contributed by atoms with Gasteiger partial charge in [-0.25, -0.2) is 4.98 Å². The van der Waals surface area contributed by atoms with Crippen LogP contribution in [0, 0.1) is 0 Å². The lowest BCUT2D eigenvalue weighted by molar-refractivity contribution is 0.953. The lowest BCUT2D eigenvalue weighted by Gasteiger charge is -2.14. The van der Waals surface area contributed by atoms with E-state index in [2.05, 4.69) is 228 Å². The van der Waals surface area contributed by atoms with Gasteiger partial charge in [-0.2, -0.15) is 9.97 Å². The van der Waals surface area contributed by atoms with E-state index < -0.39 is 0 Å². The Labute approximate surface area is 391 Å². The van der Waals surface area contributed by atoms with Gasteiger partial charge in [-0.05, 0) is 97.0 Å². The van der Waals surface area contributed by atoms with Crippen molar-refractivity contribution in [3.05, 3.63) is 237 Å². The molecule has 11 aromatic carbocycles. The molecule has 0 aliphatic heterocycles. The topological polar surface area (TPSA) is 48.5 Å². The van der Waals surface area contributed by atoms with Gasteiger partial charge in [-0.3, -0.25) is 4.57 Å². The standard InChI is InChI=1S/C63H39N5/c1-3-18-40(19-4-1)45-24-7-8-25-46(45)42-22-17-23-43(38-42)62-64-61(41-20-5-2-6-21-41)65-63(66-62)68-56-33-16-14-31-53(56)60-58(68)37-36-57-59(60)52-30-13-15-32-55(52)67(57)44-34-35-51-49-28-10-9-26-47(49)48-27-11-12-29-50(48)54(51)39-44/h1-39H. The first-order chi connectivity index (χ1) is 33.7. The first kappa shape index (κ1) is 38.1. The van der Waals surface area contributed by atoms with Gasteiger partial charge >= 0.3 is 0 Å². The lowest BCUT2D eigenvalue weighted by atomic mass is 9.94. The van der Waals surface area contributed by atoms with Crippen LogP contribution in [0.4, 0.5) is 0 Å². The summed E-state index contributed by atoms with van der Waals surface area (Å²) in [7, 11) is 0. The van der Waals surface area contributed by atoms with Gasteiger partial charge in [-0.15, -0.1) is 0 Å². The summed E-state index contributed by atoms with van der Waals surface area (Å²) in [6, 6.07) is 84.5. The van der Waals surface area contributed by atoms with E-state index in [4.69, 9.17) is 15.0 Å². The maximum atomic E-state index is 5.39. The first-order valence-corrected chi connectivity index (χ1v) is 23.1. The van der Waals surface area contributed by atoms with Crippen molar-refractivity contribution in [2.24, 2.45) is 0 Å². The third kappa shape index (κ3) is 5.86. The molecule has 0 unspecified atom stereocenters. The third-order valence-electron chi connectivity index (χ3n) is 13.8. The SMILES string of the molecule is c1ccc(-c2nc(-c3cccc(-c4ccccc4-c4ccccc4)c3)nc(-n3c4ccccc4c4c5c6ccccc6n(-c6ccc7c8ccccc8c8ccccc8c7c6)c5ccc43)n2)cc1. The van der Waals surface area contributed by atoms with Gasteiger partial charge in [0.1, 0.15) is 0 Å². The van der Waals surface area contributed by atoms with Crippen molar-refractivity contribution in [1.29, 1.82) is 0 Å². The van der Waals surface area contributed by atoms with E-state index in [0.717, 1.165) is 60.8 Å². The number of aromatic nitrogens is 5. The summed E-state index contributed by atoms with van der Waals surface area (Å²) in [4.78, 5) is 15.9. The molecule has 0 spiro atoms. The Morgan fingerprint density at radius 1 is 0.250 bits per heavy atom. The summed E-state index contributed by atoms with van der Waals surface area (Å²) in [5, 5.41) is 12.2. The molecule has 14 rings (SSSR count). The number of nitrogens with zero attached hydrogens (tertiary/aromatic N) is 5. The summed E-state index contributed by atoms with van der Waals surface area (Å²) in [5.41, 5.74) is 11.9. The minimum absolute atomic E-state index is 0.562. The molecule has 0 saturated carbocycles. The molecule has 5 heteroatoms. The molecule has 5 nitrogen and oxygen atoms in total. The predicted molar refractivity (Wildman–Crippen MR) is 283 cm³/mol. The van der Waals surface area contributed by atoms with Gasteiger partial charge in [0.25, 0.3) is 0 Å². The third-order valence-corrected chi connectivity index (χ3v) is 13.8. The van der Waals surface area contributed by atoms with Gasteiger partial charge in [0.2, 0.25) is 5.95 Å². The van der Waals surface area contributed by atoms with Crippen LogP contribution < -0.4 is 0 Å². The Hall–Kier alpha value is -9.19. The second-order valence-electron chi connectivity index (χ2n) is 17.5. The molecule has 68 heavy (non-hydrogen) atoms. The summed E-state index contributed by atoms with van der Waals surface area (Å²) < 4.78 is 4.67. The second kappa shape index (κ2) is 15.2. The number of para-hydroxylation sites is 2. The van der Waals surface area contributed by atoms with Crippen LogP contribution in [-0.4, -0.2) is 24.1 Å². The van der Waals surface area contributed by atoms with Crippen molar-refractivity contribution >= 4 is 75.9 Å². The highest BCUT2D eigenvalue weighted by Gasteiger charge is 2.23. The Balaban J connectivity index is 1.00. The highest BCUT2D eigenvalue weighted by molar-refractivity contribution is 6.29. The minimum atomic E-state index is 0.562.